The minimum atomic E-state index is -4.56. The van der Waals surface area contributed by atoms with Crippen molar-refractivity contribution in [2.45, 2.75) is 48.4 Å². The smallest absolute Gasteiger partial charge is 0.433 e. The van der Waals surface area contributed by atoms with Gasteiger partial charge < -0.3 is 4.74 Å². The van der Waals surface area contributed by atoms with Gasteiger partial charge in [0.1, 0.15) is 17.3 Å². The number of nitrogens with zero attached hydrogens (tertiary/aromatic N) is 3. The zero-order chi connectivity index (χ0) is 26.1. The molecule has 1 saturated carbocycles. The topological polar surface area (TPSA) is 91.2 Å². The predicted octanol–water partition coefficient (Wildman–Crippen LogP) is 4.58. The third-order valence-electron chi connectivity index (χ3n) is 6.30. The second kappa shape index (κ2) is 10.00. The lowest BCUT2D eigenvalue weighted by Gasteiger charge is -2.19. The maximum atomic E-state index is 13.2. The summed E-state index contributed by atoms with van der Waals surface area (Å²) in [5.41, 5.74) is -0.209. The molecule has 0 saturated heterocycles. The lowest BCUT2D eigenvalue weighted by Crippen LogP contribution is -2.31. The van der Waals surface area contributed by atoms with Crippen LogP contribution in [-0.2, 0) is 27.2 Å². The van der Waals surface area contributed by atoms with E-state index in [-0.39, 0.29) is 35.1 Å². The molecule has 0 aliphatic heterocycles. The van der Waals surface area contributed by atoms with Crippen LogP contribution in [0.25, 0.3) is 5.69 Å². The SMILES string of the molecule is COc1nn(-c2ccc(C(F)(F)F)nc2)cc1CCC(=O)C1CCCC1S(=O)(=O)c1ccc(F)cc1. The van der Waals surface area contributed by atoms with Gasteiger partial charge in [-0.05, 0) is 55.7 Å². The molecule has 12 heteroatoms. The molecule has 2 aromatic heterocycles. The number of rotatable bonds is 8. The monoisotopic (exact) mass is 525 g/mol. The van der Waals surface area contributed by atoms with E-state index in [9.17, 15) is 30.8 Å². The Morgan fingerprint density at radius 2 is 1.86 bits per heavy atom. The van der Waals surface area contributed by atoms with Crippen molar-refractivity contribution in [3.63, 3.8) is 0 Å². The van der Waals surface area contributed by atoms with E-state index in [1.165, 1.54) is 36.2 Å². The van der Waals surface area contributed by atoms with Crippen molar-refractivity contribution < 1.29 is 35.5 Å². The Labute approximate surface area is 205 Å². The number of methoxy groups -OCH3 is 1. The number of aryl methyl sites for hydroxylation is 1. The van der Waals surface area contributed by atoms with Gasteiger partial charge in [-0.15, -0.1) is 5.10 Å². The Kier molecular flexibility index (Phi) is 7.17. The number of halogens is 4. The molecule has 0 amide bonds. The average molecular weight is 526 g/mol. The first-order valence-electron chi connectivity index (χ1n) is 11.2. The Morgan fingerprint density at radius 3 is 2.47 bits per heavy atom. The lowest BCUT2D eigenvalue weighted by molar-refractivity contribution is -0.141. The third kappa shape index (κ3) is 5.28. The van der Waals surface area contributed by atoms with Gasteiger partial charge in [-0.1, -0.05) is 6.42 Å². The van der Waals surface area contributed by atoms with Crippen LogP contribution >= 0.6 is 0 Å². The van der Waals surface area contributed by atoms with E-state index in [0.717, 1.165) is 24.4 Å². The van der Waals surface area contributed by atoms with Crippen LogP contribution in [0.3, 0.4) is 0 Å². The summed E-state index contributed by atoms with van der Waals surface area (Å²) >= 11 is 0. The first kappa shape index (κ1) is 25.8. The van der Waals surface area contributed by atoms with Gasteiger partial charge in [-0.2, -0.15) is 13.2 Å². The van der Waals surface area contributed by atoms with E-state index >= 15 is 0 Å². The van der Waals surface area contributed by atoms with Gasteiger partial charge in [0, 0.05) is 24.1 Å². The molecule has 0 radical (unpaired) electrons. The zero-order valence-electron chi connectivity index (χ0n) is 19.2. The highest BCUT2D eigenvalue weighted by molar-refractivity contribution is 7.92. The molecule has 7 nitrogen and oxygen atoms in total. The van der Waals surface area contributed by atoms with E-state index in [1.807, 2.05) is 0 Å². The fourth-order valence-electron chi connectivity index (χ4n) is 4.47. The van der Waals surface area contributed by atoms with Crippen LogP contribution < -0.4 is 4.74 Å². The van der Waals surface area contributed by atoms with Crippen LogP contribution in [0.15, 0.2) is 53.7 Å². The number of sulfone groups is 1. The number of hydrogen-bond acceptors (Lipinski definition) is 6. The molecule has 36 heavy (non-hydrogen) atoms. The zero-order valence-corrected chi connectivity index (χ0v) is 20.0. The van der Waals surface area contributed by atoms with Gasteiger partial charge in [-0.3, -0.25) is 4.79 Å². The number of hydrogen-bond donors (Lipinski definition) is 0. The molecule has 0 spiro atoms. The Hall–Kier alpha value is -3.28. The predicted molar refractivity (Wildman–Crippen MR) is 121 cm³/mol. The first-order chi connectivity index (χ1) is 17.0. The normalized spacial score (nSPS) is 18.4. The molecule has 2 heterocycles. The molecule has 3 aromatic rings. The summed E-state index contributed by atoms with van der Waals surface area (Å²) in [7, 11) is -2.43. The first-order valence-corrected chi connectivity index (χ1v) is 12.7. The highest BCUT2D eigenvalue weighted by Crippen LogP contribution is 2.36. The quantitative estimate of drug-likeness (QED) is 0.316. The highest BCUT2D eigenvalue weighted by atomic mass is 32.2. The maximum absolute atomic E-state index is 13.2. The summed E-state index contributed by atoms with van der Waals surface area (Å²) in [6.07, 6.45) is -0.373. The molecule has 1 aliphatic carbocycles. The summed E-state index contributed by atoms with van der Waals surface area (Å²) < 4.78 is 84.3. The van der Waals surface area contributed by atoms with Crippen molar-refractivity contribution in [1.29, 1.82) is 0 Å². The number of Topliss-reactive ketones (excluding diaryl/α,β-unsaturated/α-hetero) is 1. The summed E-state index contributed by atoms with van der Waals surface area (Å²) in [5, 5.41) is 3.33. The molecule has 1 fully saturated rings. The number of benzene rings is 1. The van der Waals surface area contributed by atoms with Crippen molar-refractivity contribution in [3.05, 3.63) is 65.9 Å². The van der Waals surface area contributed by atoms with Crippen molar-refractivity contribution >= 4 is 15.6 Å². The van der Waals surface area contributed by atoms with E-state index in [2.05, 4.69) is 10.1 Å². The maximum Gasteiger partial charge on any atom is 0.433 e. The van der Waals surface area contributed by atoms with Gasteiger partial charge >= 0.3 is 6.18 Å². The van der Waals surface area contributed by atoms with Crippen molar-refractivity contribution in [2.24, 2.45) is 5.92 Å². The van der Waals surface area contributed by atoms with Crippen molar-refractivity contribution in [2.75, 3.05) is 7.11 Å². The average Bonchev–Trinajstić information content (AvgIpc) is 3.50. The van der Waals surface area contributed by atoms with Crippen LogP contribution in [0, 0.1) is 11.7 Å². The number of carbonyl (C=O) groups is 1. The Bertz CT molecular complexity index is 1340. The van der Waals surface area contributed by atoms with Crippen LogP contribution in [0.2, 0.25) is 0 Å². The summed E-state index contributed by atoms with van der Waals surface area (Å²) in [6, 6.07) is 6.64. The number of pyridine rings is 1. The number of aromatic nitrogens is 3. The molecule has 2 unspecified atom stereocenters. The second-order valence-electron chi connectivity index (χ2n) is 8.55. The fraction of sp³-hybridized carbons (Fsp3) is 0.375. The van der Waals surface area contributed by atoms with Gasteiger partial charge in [0.25, 0.3) is 0 Å². The Balaban J connectivity index is 1.47. The van der Waals surface area contributed by atoms with Crippen molar-refractivity contribution in [3.8, 4) is 11.6 Å². The van der Waals surface area contributed by atoms with Gasteiger partial charge in [0.15, 0.2) is 9.84 Å². The van der Waals surface area contributed by atoms with E-state index in [0.29, 0.717) is 24.8 Å². The van der Waals surface area contributed by atoms with Crippen LogP contribution in [0.4, 0.5) is 17.6 Å². The molecule has 192 valence electrons. The minimum absolute atomic E-state index is 0.0123. The van der Waals surface area contributed by atoms with Gasteiger partial charge in [0.05, 0.1) is 29.1 Å². The summed E-state index contributed by atoms with van der Waals surface area (Å²) in [4.78, 5) is 16.5. The molecule has 2 atom stereocenters. The number of ether oxygens (including phenoxy) is 1. The number of ketones is 1. The van der Waals surface area contributed by atoms with E-state index in [1.54, 1.807) is 0 Å². The summed E-state index contributed by atoms with van der Waals surface area (Å²) in [6.45, 7) is 0. The largest absolute Gasteiger partial charge is 0.480 e. The molecule has 1 aromatic carbocycles. The second-order valence-corrected chi connectivity index (χ2v) is 10.7. The van der Waals surface area contributed by atoms with Crippen LogP contribution in [0.1, 0.15) is 36.9 Å². The highest BCUT2D eigenvalue weighted by Gasteiger charge is 2.41. The third-order valence-corrected chi connectivity index (χ3v) is 8.59. The molecular formula is C24H23F4N3O4S. The van der Waals surface area contributed by atoms with Gasteiger partial charge in [0.2, 0.25) is 5.88 Å². The number of alkyl halides is 3. The van der Waals surface area contributed by atoms with Crippen LogP contribution in [-0.4, -0.2) is 41.3 Å². The minimum Gasteiger partial charge on any atom is -0.480 e. The number of carbonyl (C=O) groups excluding carboxylic acids is 1. The molecule has 0 N–H and O–H groups in total. The fourth-order valence-corrected chi connectivity index (χ4v) is 6.53. The molecule has 1 aliphatic rings. The standard InChI is InChI=1S/C24H23F4N3O4S/c1-35-23-15(14-31(30-23)17-8-12-22(29-13-17)24(26,27)28)5-11-20(32)19-3-2-4-21(19)36(33,34)18-9-6-16(25)7-10-18/h6-10,12-14,19,21H,2-5,11H2,1H3. The van der Waals surface area contributed by atoms with E-state index in [4.69, 9.17) is 4.74 Å². The van der Waals surface area contributed by atoms with Crippen molar-refractivity contribution in [1.82, 2.24) is 14.8 Å². The Morgan fingerprint density at radius 1 is 1.14 bits per heavy atom. The van der Waals surface area contributed by atoms with E-state index < -0.39 is 38.7 Å². The molecule has 0 bridgehead atoms. The lowest BCUT2D eigenvalue weighted by atomic mass is 9.97. The molecule has 4 rings (SSSR count). The molecular weight excluding hydrogens is 502 g/mol. The van der Waals surface area contributed by atoms with Gasteiger partial charge in [-0.25, -0.2) is 22.5 Å². The summed E-state index contributed by atoms with van der Waals surface area (Å²) in [5.74, 6) is -1.24. The van der Waals surface area contributed by atoms with Crippen LogP contribution in [0.5, 0.6) is 5.88 Å².